The van der Waals surface area contributed by atoms with Gasteiger partial charge >= 0.3 is 0 Å². The minimum absolute atomic E-state index is 0.719. The largest absolute Gasteiger partial charge is 0.494 e. The molecule has 0 radical (unpaired) electrons. The van der Waals surface area contributed by atoms with Crippen LogP contribution in [0.1, 0.15) is 12.5 Å². The van der Waals surface area contributed by atoms with Crippen LogP contribution in [0.25, 0.3) is 10.9 Å². The first kappa shape index (κ1) is 9.13. The predicted molar refractivity (Wildman–Crippen MR) is 58.8 cm³/mol. The highest BCUT2D eigenvalue weighted by atomic mass is 16.5. The van der Waals surface area contributed by atoms with Crippen LogP contribution in [-0.2, 0) is 7.05 Å². The number of aryl methyl sites for hydroxylation is 2. The molecular formula is C12H15NO. The SMILES string of the molecule is CCOc1ccc2ccn(C)c2c1C. The van der Waals surface area contributed by atoms with E-state index in [1.54, 1.807) is 0 Å². The van der Waals surface area contributed by atoms with Gasteiger partial charge in [-0.3, -0.25) is 0 Å². The quantitative estimate of drug-likeness (QED) is 0.708. The zero-order valence-electron chi connectivity index (χ0n) is 8.87. The number of benzene rings is 1. The molecule has 0 N–H and O–H groups in total. The van der Waals surface area contributed by atoms with Crippen LogP contribution in [0.2, 0.25) is 0 Å². The summed E-state index contributed by atoms with van der Waals surface area (Å²) < 4.78 is 7.69. The molecule has 14 heavy (non-hydrogen) atoms. The molecule has 0 spiro atoms. The maximum absolute atomic E-state index is 5.56. The summed E-state index contributed by atoms with van der Waals surface area (Å²) in [5.74, 6) is 0.988. The number of hydrogen-bond acceptors (Lipinski definition) is 1. The van der Waals surface area contributed by atoms with Crippen molar-refractivity contribution in [2.75, 3.05) is 6.61 Å². The lowest BCUT2D eigenvalue weighted by molar-refractivity contribution is 0.338. The van der Waals surface area contributed by atoms with Crippen LogP contribution in [-0.4, -0.2) is 11.2 Å². The average molecular weight is 189 g/mol. The van der Waals surface area contributed by atoms with E-state index in [1.165, 1.54) is 16.5 Å². The molecule has 0 amide bonds. The summed E-state index contributed by atoms with van der Waals surface area (Å²) in [6, 6.07) is 6.27. The highest BCUT2D eigenvalue weighted by Gasteiger charge is 2.06. The van der Waals surface area contributed by atoms with Gasteiger partial charge in [0.05, 0.1) is 12.1 Å². The van der Waals surface area contributed by atoms with Crippen molar-refractivity contribution in [3.63, 3.8) is 0 Å². The van der Waals surface area contributed by atoms with Gasteiger partial charge in [0.1, 0.15) is 5.75 Å². The molecule has 0 aliphatic rings. The average Bonchev–Trinajstić information content (AvgIpc) is 2.54. The van der Waals surface area contributed by atoms with E-state index in [0.717, 1.165) is 12.4 Å². The highest BCUT2D eigenvalue weighted by Crippen LogP contribution is 2.27. The zero-order chi connectivity index (χ0) is 10.1. The second-order valence-corrected chi connectivity index (χ2v) is 3.49. The summed E-state index contributed by atoms with van der Waals surface area (Å²) in [5, 5.41) is 1.27. The van der Waals surface area contributed by atoms with Crippen LogP contribution >= 0.6 is 0 Å². The number of nitrogens with zero attached hydrogens (tertiary/aromatic N) is 1. The molecule has 0 saturated heterocycles. The Balaban J connectivity index is 2.66. The fourth-order valence-electron chi connectivity index (χ4n) is 1.88. The standard InChI is InChI=1S/C12H15NO/c1-4-14-11-6-5-10-7-8-13(3)12(10)9(11)2/h5-8H,4H2,1-3H3. The zero-order valence-corrected chi connectivity index (χ0v) is 8.87. The Morgan fingerprint density at radius 3 is 2.79 bits per heavy atom. The van der Waals surface area contributed by atoms with Crippen LogP contribution in [0.3, 0.4) is 0 Å². The van der Waals surface area contributed by atoms with Gasteiger partial charge in [0.25, 0.3) is 0 Å². The van der Waals surface area contributed by atoms with Crippen LogP contribution in [0.4, 0.5) is 0 Å². The Hall–Kier alpha value is -1.44. The number of hydrogen-bond donors (Lipinski definition) is 0. The monoisotopic (exact) mass is 189 g/mol. The summed E-state index contributed by atoms with van der Waals surface area (Å²) >= 11 is 0. The van der Waals surface area contributed by atoms with Crippen molar-refractivity contribution in [1.29, 1.82) is 0 Å². The van der Waals surface area contributed by atoms with Gasteiger partial charge in [0.2, 0.25) is 0 Å². The molecule has 0 aliphatic heterocycles. The molecular weight excluding hydrogens is 174 g/mol. The molecule has 0 unspecified atom stereocenters. The van der Waals surface area contributed by atoms with Crippen molar-refractivity contribution in [3.8, 4) is 5.75 Å². The maximum Gasteiger partial charge on any atom is 0.124 e. The van der Waals surface area contributed by atoms with Gasteiger partial charge in [0.15, 0.2) is 0 Å². The van der Waals surface area contributed by atoms with Gasteiger partial charge in [-0.1, -0.05) is 0 Å². The third kappa shape index (κ3) is 1.27. The fourth-order valence-corrected chi connectivity index (χ4v) is 1.88. The Morgan fingerprint density at radius 2 is 2.07 bits per heavy atom. The predicted octanol–water partition coefficient (Wildman–Crippen LogP) is 2.89. The van der Waals surface area contributed by atoms with E-state index >= 15 is 0 Å². The smallest absolute Gasteiger partial charge is 0.124 e. The fraction of sp³-hybridized carbons (Fsp3) is 0.333. The number of aromatic nitrogens is 1. The molecule has 2 rings (SSSR count). The van der Waals surface area contributed by atoms with Gasteiger partial charge in [-0.05, 0) is 32.0 Å². The third-order valence-corrected chi connectivity index (χ3v) is 2.54. The third-order valence-electron chi connectivity index (χ3n) is 2.54. The highest BCUT2D eigenvalue weighted by molar-refractivity contribution is 5.85. The lowest BCUT2D eigenvalue weighted by atomic mass is 10.1. The summed E-state index contributed by atoms with van der Waals surface area (Å²) in [5.41, 5.74) is 2.48. The minimum atomic E-state index is 0.719. The molecule has 2 aromatic rings. The van der Waals surface area contributed by atoms with E-state index in [-0.39, 0.29) is 0 Å². The Morgan fingerprint density at radius 1 is 1.29 bits per heavy atom. The number of fused-ring (bicyclic) bond motifs is 1. The van der Waals surface area contributed by atoms with Crippen LogP contribution in [0.5, 0.6) is 5.75 Å². The van der Waals surface area contributed by atoms with E-state index in [0.29, 0.717) is 0 Å². The summed E-state index contributed by atoms with van der Waals surface area (Å²) in [6.07, 6.45) is 2.08. The molecule has 0 fully saturated rings. The molecule has 2 heteroatoms. The first-order valence-electron chi connectivity index (χ1n) is 4.91. The van der Waals surface area contributed by atoms with Gasteiger partial charge < -0.3 is 9.30 Å². The van der Waals surface area contributed by atoms with E-state index in [2.05, 4.69) is 36.9 Å². The van der Waals surface area contributed by atoms with E-state index < -0.39 is 0 Å². The van der Waals surface area contributed by atoms with Gasteiger partial charge in [0, 0.05) is 24.2 Å². The Bertz CT molecular complexity index is 457. The van der Waals surface area contributed by atoms with Gasteiger partial charge in [-0.25, -0.2) is 0 Å². The molecule has 2 nitrogen and oxygen atoms in total. The molecule has 1 heterocycles. The first-order chi connectivity index (χ1) is 6.74. The summed E-state index contributed by atoms with van der Waals surface area (Å²) in [6.45, 7) is 4.83. The normalized spacial score (nSPS) is 10.8. The van der Waals surface area contributed by atoms with Crippen molar-refractivity contribution in [3.05, 3.63) is 30.0 Å². The second kappa shape index (κ2) is 3.37. The summed E-state index contributed by atoms with van der Waals surface area (Å²) in [4.78, 5) is 0. The van der Waals surface area contributed by atoms with E-state index in [4.69, 9.17) is 4.74 Å². The molecule has 1 aromatic heterocycles. The summed E-state index contributed by atoms with van der Waals surface area (Å²) in [7, 11) is 2.06. The minimum Gasteiger partial charge on any atom is -0.494 e. The van der Waals surface area contributed by atoms with E-state index in [9.17, 15) is 0 Å². The first-order valence-corrected chi connectivity index (χ1v) is 4.91. The van der Waals surface area contributed by atoms with Gasteiger partial charge in [-0.15, -0.1) is 0 Å². The lowest BCUT2D eigenvalue weighted by Crippen LogP contribution is -1.96. The molecule has 0 atom stereocenters. The molecule has 0 aliphatic carbocycles. The van der Waals surface area contributed by atoms with E-state index in [1.807, 2.05) is 13.0 Å². The second-order valence-electron chi connectivity index (χ2n) is 3.49. The Labute approximate surface area is 84.1 Å². The van der Waals surface area contributed by atoms with Crippen molar-refractivity contribution >= 4 is 10.9 Å². The van der Waals surface area contributed by atoms with Crippen LogP contribution in [0, 0.1) is 6.92 Å². The van der Waals surface area contributed by atoms with Crippen molar-refractivity contribution in [2.24, 2.45) is 7.05 Å². The van der Waals surface area contributed by atoms with Crippen LogP contribution in [0.15, 0.2) is 24.4 Å². The number of ether oxygens (including phenoxy) is 1. The van der Waals surface area contributed by atoms with Gasteiger partial charge in [-0.2, -0.15) is 0 Å². The lowest BCUT2D eigenvalue weighted by Gasteiger charge is -2.09. The molecule has 0 bridgehead atoms. The Kier molecular flexibility index (Phi) is 2.20. The topological polar surface area (TPSA) is 14.2 Å². The van der Waals surface area contributed by atoms with Crippen molar-refractivity contribution in [1.82, 2.24) is 4.57 Å². The van der Waals surface area contributed by atoms with Crippen LogP contribution < -0.4 is 4.74 Å². The van der Waals surface area contributed by atoms with Crippen molar-refractivity contribution < 1.29 is 4.74 Å². The maximum atomic E-state index is 5.56. The van der Waals surface area contributed by atoms with Crippen molar-refractivity contribution in [2.45, 2.75) is 13.8 Å². The molecule has 0 saturated carbocycles. The molecule has 74 valence electrons. The molecule has 1 aromatic carbocycles. The number of rotatable bonds is 2.